The molecule has 3 aromatic rings. The van der Waals surface area contributed by atoms with Crippen LogP contribution in [0.15, 0.2) is 59.7 Å². The number of hydrogen-bond donors (Lipinski definition) is 0. The zero-order valence-corrected chi connectivity index (χ0v) is 15.3. The van der Waals surface area contributed by atoms with Gasteiger partial charge in [0, 0.05) is 28.6 Å². The molecule has 1 aromatic heterocycles. The minimum Gasteiger partial charge on any atom is -0.277 e. The highest BCUT2D eigenvalue weighted by atomic mass is 19.4. The summed E-state index contributed by atoms with van der Waals surface area (Å²) in [6.45, 7) is 5.59. The summed E-state index contributed by atoms with van der Waals surface area (Å²) in [6.07, 6.45) is -2.68. The number of fused-ring (bicyclic) bond motifs is 2. The first kappa shape index (κ1) is 17.7. The number of rotatable bonds is 1. The third kappa shape index (κ3) is 2.91. The maximum Gasteiger partial charge on any atom is 0.416 e. The summed E-state index contributed by atoms with van der Waals surface area (Å²) in [5.74, 6) is -0.351. The van der Waals surface area contributed by atoms with E-state index in [4.69, 9.17) is 4.99 Å². The minimum absolute atomic E-state index is 0.325. The fraction of sp³-hybridized carbons (Fsp3) is 0.273. The predicted molar refractivity (Wildman–Crippen MR) is 101 cm³/mol. The van der Waals surface area contributed by atoms with Crippen molar-refractivity contribution in [1.29, 1.82) is 0 Å². The maximum atomic E-state index is 13.7. The van der Waals surface area contributed by atoms with Crippen molar-refractivity contribution in [2.75, 3.05) is 0 Å². The van der Waals surface area contributed by atoms with Crippen molar-refractivity contribution in [3.05, 3.63) is 77.0 Å². The molecule has 2 heterocycles. The van der Waals surface area contributed by atoms with E-state index in [1.54, 1.807) is 12.3 Å². The largest absolute Gasteiger partial charge is 0.416 e. The molecule has 0 amide bonds. The third-order valence-corrected chi connectivity index (χ3v) is 5.44. The van der Waals surface area contributed by atoms with E-state index >= 15 is 0 Å². The van der Waals surface area contributed by atoms with Crippen LogP contribution in [0.3, 0.4) is 0 Å². The molecule has 0 N–H and O–H groups in total. The minimum atomic E-state index is -4.40. The summed E-state index contributed by atoms with van der Waals surface area (Å²) in [5, 5.41) is 0.933. The Labute approximate surface area is 155 Å². The van der Waals surface area contributed by atoms with E-state index in [2.05, 4.69) is 4.98 Å². The standard InChI is InChI=1S/C22H19F3N2/c1-13-19-16(7-4-8-17(19)22(23,24)25)20(27-21(13,2)3)15-9-10-18-14(12-15)6-5-11-26-18/h4-13H,1-3H3. The Kier molecular flexibility index (Phi) is 3.88. The average molecular weight is 368 g/mol. The topological polar surface area (TPSA) is 25.2 Å². The molecule has 2 aromatic carbocycles. The molecular weight excluding hydrogens is 349 g/mol. The molecule has 0 radical (unpaired) electrons. The summed E-state index contributed by atoms with van der Waals surface area (Å²) in [5.41, 5.74) is 1.91. The van der Waals surface area contributed by atoms with Gasteiger partial charge >= 0.3 is 6.18 Å². The second kappa shape index (κ2) is 5.91. The van der Waals surface area contributed by atoms with E-state index < -0.39 is 17.3 Å². The summed E-state index contributed by atoms with van der Waals surface area (Å²) in [6, 6.07) is 13.9. The Morgan fingerprint density at radius 1 is 1.00 bits per heavy atom. The van der Waals surface area contributed by atoms with Crippen LogP contribution in [-0.2, 0) is 6.18 Å². The van der Waals surface area contributed by atoms with Gasteiger partial charge in [0.1, 0.15) is 0 Å². The Morgan fingerprint density at radius 3 is 2.52 bits per heavy atom. The van der Waals surface area contributed by atoms with Gasteiger partial charge in [-0.1, -0.05) is 31.2 Å². The Hall–Kier alpha value is -2.69. The predicted octanol–water partition coefficient (Wildman–Crippen LogP) is 5.99. The van der Waals surface area contributed by atoms with Gasteiger partial charge in [0.2, 0.25) is 0 Å². The van der Waals surface area contributed by atoms with E-state index in [0.29, 0.717) is 16.8 Å². The molecule has 27 heavy (non-hydrogen) atoms. The summed E-state index contributed by atoms with van der Waals surface area (Å²) < 4.78 is 41.1. The number of aromatic nitrogens is 1. The van der Waals surface area contributed by atoms with E-state index in [0.717, 1.165) is 16.5 Å². The van der Waals surface area contributed by atoms with Crippen LogP contribution in [0.2, 0.25) is 0 Å². The number of pyridine rings is 1. The second-order valence-corrected chi connectivity index (χ2v) is 7.51. The van der Waals surface area contributed by atoms with Crippen LogP contribution >= 0.6 is 0 Å². The Balaban J connectivity index is 1.99. The third-order valence-electron chi connectivity index (χ3n) is 5.44. The average Bonchev–Trinajstić information content (AvgIpc) is 2.63. The molecule has 0 saturated heterocycles. The van der Waals surface area contributed by atoms with Gasteiger partial charge in [-0.3, -0.25) is 9.98 Å². The number of benzene rings is 2. The van der Waals surface area contributed by atoms with Gasteiger partial charge in [-0.25, -0.2) is 0 Å². The molecule has 138 valence electrons. The maximum absolute atomic E-state index is 13.7. The van der Waals surface area contributed by atoms with E-state index in [-0.39, 0.29) is 5.92 Å². The first-order valence-electron chi connectivity index (χ1n) is 8.84. The fourth-order valence-electron chi connectivity index (χ4n) is 3.73. The van der Waals surface area contributed by atoms with Crippen molar-refractivity contribution >= 4 is 16.6 Å². The molecule has 0 bridgehead atoms. The fourth-order valence-corrected chi connectivity index (χ4v) is 3.73. The molecule has 2 nitrogen and oxygen atoms in total. The first-order chi connectivity index (χ1) is 12.7. The highest BCUT2D eigenvalue weighted by Gasteiger charge is 2.42. The lowest BCUT2D eigenvalue weighted by atomic mass is 9.75. The van der Waals surface area contributed by atoms with Crippen molar-refractivity contribution in [3.63, 3.8) is 0 Å². The van der Waals surface area contributed by atoms with Crippen molar-refractivity contribution in [1.82, 2.24) is 4.98 Å². The van der Waals surface area contributed by atoms with E-state index in [1.807, 2.05) is 51.1 Å². The van der Waals surface area contributed by atoms with Crippen molar-refractivity contribution in [2.45, 2.75) is 38.4 Å². The van der Waals surface area contributed by atoms with Crippen molar-refractivity contribution < 1.29 is 13.2 Å². The SMILES string of the molecule is CC1c2c(cccc2C(F)(F)F)C(c2ccc3ncccc3c2)=NC1(C)C. The van der Waals surface area contributed by atoms with Crippen LogP contribution in [0.1, 0.15) is 48.9 Å². The zero-order valence-electron chi connectivity index (χ0n) is 15.3. The monoisotopic (exact) mass is 368 g/mol. The van der Waals surface area contributed by atoms with Crippen LogP contribution in [0.5, 0.6) is 0 Å². The van der Waals surface area contributed by atoms with Gasteiger partial charge in [0.05, 0.1) is 22.3 Å². The van der Waals surface area contributed by atoms with E-state index in [9.17, 15) is 13.2 Å². The molecule has 5 heteroatoms. The molecular formula is C22H19F3N2. The normalized spacial score (nSPS) is 18.9. The smallest absolute Gasteiger partial charge is 0.277 e. The van der Waals surface area contributed by atoms with E-state index in [1.165, 1.54) is 12.1 Å². The van der Waals surface area contributed by atoms with Crippen LogP contribution < -0.4 is 0 Å². The number of alkyl halides is 3. The van der Waals surface area contributed by atoms with Gasteiger partial charge in [0.25, 0.3) is 0 Å². The molecule has 0 aliphatic carbocycles. The summed E-state index contributed by atoms with van der Waals surface area (Å²) >= 11 is 0. The number of nitrogens with zero attached hydrogens (tertiary/aromatic N) is 2. The van der Waals surface area contributed by atoms with Crippen LogP contribution in [0, 0.1) is 0 Å². The lowest BCUT2D eigenvalue weighted by molar-refractivity contribution is -0.138. The Morgan fingerprint density at radius 2 is 1.78 bits per heavy atom. The highest BCUT2D eigenvalue weighted by Crippen LogP contribution is 2.45. The molecule has 0 saturated carbocycles. The molecule has 1 aliphatic heterocycles. The van der Waals surface area contributed by atoms with Crippen LogP contribution in [-0.4, -0.2) is 16.2 Å². The van der Waals surface area contributed by atoms with Gasteiger partial charge in [0.15, 0.2) is 0 Å². The molecule has 0 fully saturated rings. The van der Waals surface area contributed by atoms with Gasteiger partial charge < -0.3 is 0 Å². The quantitative estimate of drug-likeness (QED) is 0.518. The number of hydrogen-bond acceptors (Lipinski definition) is 2. The van der Waals surface area contributed by atoms with Crippen LogP contribution in [0.4, 0.5) is 13.2 Å². The molecule has 1 unspecified atom stereocenters. The number of halogens is 3. The van der Waals surface area contributed by atoms with Gasteiger partial charge in [-0.2, -0.15) is 13.2 Å². The summed E-state index contributed by atoms with van der Waals surface area (Å²) in [4.78, 5) is 9.18. The zero-order chi connectivity index (χ0) is 19.4. The van der Waals surface area contributed by atoms with Gasteiger partial charge in [-0.15, -0.1) is 0 Å². The molecule has 1 atom stereocenters. The van der Waals surface area contributed by atoms with Crippen molar-refractivity contribution in [2.24, 2.45) is 4.99 Å². The first-order valence-corrected chi connectivity index (χ1v) is 8.84. The van der Waals surface area contributed by atoms with Crippen LogP contribution in [0.25, 0.3) is 10.9 Å². The molecule has 1 aliphatic rings. The van der Waals surface area contributed by atoms with Gasteiger partial charge in [-0.05, 0) is 43.7 Å². The molecule has 4 rings (SSSR count). The Bertz CT molecular complexity index is 1060. The van der Waals surface area contributed by atoms with Crippen molar-refractivity contribution in [3.8, 4) is 0 Å². The highest BCUT2D eigenvalue weighted by molar-refractivity contribution is 6.16. The second-order valence-electron chi connectivity index (χ2n) is 7.51. The molecule has 0 spiro atoms. The summed E-state index contributed by atoms with van der Waals surface area (Å²) in [7, 11) is 0. The lowest BCUT2D eigenvalue weighted by Crippen LogP contribution is -2.34. The lowest BCUT2D eigenvalue weighted by Gasteiger charge is -2.37. The number of aliphatic imine (C=N–C) groups is 1.